The second kappa shape index (κ2) is 5.96. The van der Waals surface area contributed by atoms with E-state index in [0.717, 1.165) is 18.5 Å². The predicted octanol–water partition coefficient (Wildman–Crippen LogP) is 2.01. The van der Waals surface area contributed by atoms with Crippen LogP contribution in [0, 0.1) is 12.7 Å². The highest BCUT2D eigenvalue weighted by Gasteiger charge is 2.15. The van der Waals surface area contributed by atoms with Gasteiger partial charge in [-0.2, -0.15) is 0 Å². The molecule has 0 bridgehead atoms. The summed E-state index contributed by atoms with van der Waals surface area (Å²) in [6.45, 7) is 3.36. The van der Waals surface area contributed by atoms with Gasteiger partial charge < -0.3 is 10.6 Å². The van der Waals surface area contributed by atoms with Crippen LogP contribution in [0.15, 0.2) is 18.2 Å². The number of piperidine rings is 1. The van der Waals surface area contributed by atoms with E-state index in [-0.39, 0.29) is 11.5 Å². The molecule has 18 heavy (non-hydrogen) atoms. The van der Waals surface area contributed by atoms with Gasteiger partial charge in [0.15, 0.2) is 0 Å². The van der Waals surface area contributed by atoms with Crippen LogP contribution in [0.1, 0.15) is 35.2 Å². The van der Waals surface area contributed by atoms with E-state index < -0.39 is 5.82 Å². The smallest absolute Gasteiger partial charge is 0.254 e. The first-order chi connectivity index (χ1) is 8.66. The fourth-order valence-corrected chi connectivity index (χ4v) is 2.21. The summed E-state index contributed by atoms with van der Waals surface area (Å²) in [5.41, 5.74) is 0.939. The molecule has 0 saturated carbocycles. The lowest BCUT2D eigenvalue weighted by Gasteiger charge is -2.23. The Hall–Kier alpha value is -1.42. The van der Waals surface area contributed by atoms with Gasteiger partial charge in [-0.05, 0) is 44.0 Å². The molecule has 1 aromatic rings. The minimum absolute atomic E-state index is 0.122. The van der Waals surface area contributed by atoms with Crippen LogP contribution in [0.2, 0.25) is 0 Å². The Bertz CT molecular complexity index is 428. The minimum atomic E-state index is -0.455. The van der Waals surface area contributed by atoms with E-state index in [0.29, 0.717) is 12.6 Å². The van der Waals surface area contributed by atoms with Crippen LogP contribution in [-0.2, 0) is 0 Å². The molecule has 1 aliphatic rings. The Morgan fingerprint density at radius 1 is 1.50 bits per heavy atom. The van der Waals surface area contributed by atoms with Crippen molar-refractivity contribution in [3.63, 3.8) is 0 Å². The van der Waals surface area contributed by atoms with Crippen molar-refractivity contribution in [2.75, 3.05) is 13.1 Å². The number of halogens is 1. The molecule has 3 nitrogen and oxygen atoms in total. The van der Waals surface area contributed by atoms with Crippen molar-refractivity contribution in [2.24, 2.45) is 0 Å². The van der Waals surface area contributed by atoms with E-state index >= 15 is 0 Å². The third kappa shape index (κ3) is 3.29. The fraction of sp³-hybridized carbons (Fsp3) is 0.500. The van der Waals surface area contributed by atoms with Crippen molar-refractivity contribution in [1.29, 1.82) is 0 Å². The van der Waals surface area contributed by atoms with Crippen LogP contribution in [0.5, 0.6) is 0 Å². The van der Waals surface area contributed by atoms with E-state index in [1.807, 2.05) is 0 Å². The summed E-state index contributed by atoms with van der Waals surface area (Å²) < 4.78 is 13.6. The zero-order valence-corrected chi connectivity index (χ0v) is 10.6. The molecule has 4 heteroatoms. The summed E-state index contributed by atoms with van der Waals surface area (Å²) >= 11 is 0. The SMILES string of the molecule is Cc1ccc(C(=O)NCC2CCCCN2)c(F)c1. The van der Waals surface area contributed by atoms with Gasteiger partial charge in [0, 0.05) is 12.6 Å². The van der Waals surface area contributed by atoms with Crippen LogP contribution in [-0.4, -0.2) is 25.0 Å². The molecule has 0 spiro atoms. The van der Waals surface area contributed by atoms with Gasteiger partial charge in [0.1, 0.15) is 5.82 Å². The molecule has 98 valence electrons. The van der Waals surface area contributed by atoms with E-state index in [1.165, 1.54) is 25.0 Å². The Morgan fingerprint density at radius 2 is 2.33 bits per heavy atom. The van der Waals surface area contributed by atoms with Crippen molar-refractivity contribution in [3.8, 4) is 0 Å². The molecule has 1 aliphatic heterocycles. The van der Waals surface area contributed by atoms with Gasteiger partial charge in [0.05, 0.1) is 5.56 Å². The first-order valence-electron chi connectivity index (χ1n) is 6.44. The molecular weight excluding hydrogens is 231 g/mol. The van der Waals surface area contributed by atoms with Crippen molar-refractivity contribution in [3.05, 3.63) is 35.1 Å². The summed E-state index contributed by atoms with van der Waals surface area (Å²) in [5.74, 6) is -0.788. The first kappa shape index (κ1) is 13.0. The average molecular weight is 250 g/mol. The monoisotopic (exact) mass is 250 g/mol. The van der Waals surface area contributed by atoms with E-state index in [2.05, 4.69) is 10.6 Å². The zero-order valence-electron chi connectivity index (χ0n) is 10.6. The summed E-state index contributed by atoms with van der Waals surface area (Å²) in [4.78, 5) is 11.8. The molecular formula is C14H19FN2O. The van der Waals surface area contributed by atoms with Gasteiger partial charge in [0.25, 0.3) is 5.91 Å². The summed E-state index contributed by atoms with van der Waals surface area (Å²) in [6.07, 6.45) is 3.44. The molecule has 1 aromatic carbocycles. The quantitative estimate of drug-likeness (QED) is 0.861. The number of carbonyl (C=O) groups is 1. The number of carbonyl (C=O) groups excluding carboxylic acids is 1. The van der Waals surface area contributed by atoms with Crippen LogP contribution < -0.4 is 10.6 Å². The fourth-order valence-electron chi connectivity index (χ4n) is 2.21. The predicted molar refractivity (Wildman–Crippen MR) is 69.1 cm³/mol. The van der Waals surface area contributed by atoms with Gasteiger partial charge in [-0.3, -0.25) is 4.79 Å². The maximum atomic E-state index is 13.6. The maximum absolute atomic E-state index is 13.6. The van der Waals surface area contributed by atoms with Gasteiger partial charge in [-0.1, -0.05) is 12.5 Å². The molecule has 0 aromatic heterocycles. The van der Waals surface area contributed by atoms with Crippen LogP contribution in [0.3, 0.4) is 0 Å². The second-order valence-corrected chi connectivity index (χ2v) is 4.84. The number of rotatable bonds is 3. The second-order valence-electron chi connectivity index (χ2n) is 4.84. The lowest BCUT2D eigenvalue weighted by atomic mass is 10.0. The van der Waals surface area contributed by atoms with E-state index in [4.69, 9.17) is 0 Å². The lowest BCUT2D eigenvalue weighted by molar-refractivity contribution is 0.0943. The van der Waals surface area contributed by atoms with Crippen LogP contribution in [0.4, 0.5) is 4.39 Å². The minimum Gasteiger partial charge on any atom is -0.350 e. The highest BCUT2D eigenvalue weighted by molar-refractivity contribution is 5.94. The summed E-state index contributed by atoms with van der Waals surface area (Å²) in [5, 5.41) is 6.13. The normalized spacial score (nSPS) is 19.6. The van der Waals surface area contributed by atoms with Crippen LogP contribution in [0.25, 0.3) is 0 Å². The Labute approximate surface area is 107 Å². The average Bonchev–Trinajstić information content (AvgIpc) is 2.37. The zero-order chi connectivity index (χ0) is 13.0. The van der Waals surface area contributed by atoms with Gasteiger partial charge in [-0.25, -0.2) is 4.39 Å². The molecule has 1 saturated heterocycles. The number of amides is 1. The Balaban J connectivity index is 1.90. The van der Waals surface area contributed by atoms with E-state index in [9.17, 15) is 9.18 Å². The molecule has 1 heterocycles. The van der Waals surface area contributed by atoms with Crippen molar-refractivity contribution >= 4 is 5.91 Å². The molecule has 1 atom stereocenters. The third-order valence-electron chi connectivity index (χ3n) is 3.29. The molecule has 0 radical (unpaired) electrons. The number of nitrogens with one attached hydrogen (secondary N) is 2. The highest BCUT2D eigenvalue weighted by Crippen LogP contribution is 2.10. The van der Waals surface area contributed by atoms with Crippen molar-refractivity contribution in [2.45, 2.75) is 32.2 Å². The van der Waals surface area contributed by atoms with E-state index in [1.54, 1.807) is 13.0 Å². The maximum Gasteiger partial charge on any atom is 0.254 e. The summed E-state index contributed by atoms with van der Waals surface area (Å²) in [7, 11) is 0. The van der Waals surface area contributed by atoms with Gasteiger partial charge >= 0.3 is 0 Å². The molecule has 1 amide bonds. The third-order valence-corrected chi connectivity index (χ3v) is 3.29. The number of aryl methyl sites for hydroxylation is 1. The number of hydrogen-bond donors (Lipinski definition) is 2. The molecule has 1 fully saturated rings. The standard InChI is InChI=1S/C14H19FN2O/c1-10-5-6-12(13(15)8-10)14(18)17-9-11-4-2-3-7-16-11/h5-6,8,11,16H,2-4,7,9H2,1H3,(H,17,18). The van der Waals surface area contributed by atoms with Crippen molar-refractivity contribution < 1.29 is 9.18 Å². The largest absolute Gasteiger partial charge is 0.350 e. The first-order valence-corrected chi connectivity index (χ1v) is 6.44. The highest BCUT2D eigenvalue weighted by atomic mass is 19.1. The Kier molecular flexibility index (Phi) is 4.31. The van der Waals surface area contributed by atoms with Crippen molar-refractivity contribution in [1.82, 2.24) is 10.6 Å². The Morgan fingerprint density at radius 3 is 3.00 bits per heavy atom. The summed E-state index contributed by atoms with van der Waals surface area (Å²) in [6, 6.07) is 4.98. The molecule has 2 N–H and O–H groups in total. The molecule has 1 unspecified atom stereocenters. The molecule has 2 rings (SSSR count). The van der Waals surface area contributed by atoms with Crippen LogP contribution >= 0.6 is 0 Å². The topological polar surface area (TPSA) is 41.1 Å². The number of benzene rings is 1. The van der Waals surface area contributed by atoms with Gasteiger partial charge in [0.2, 0.25) is 0 Å². The lowest BCUT2D eigenvalue weighted by Crippen LogP contribution is -2.43. The molecule has 0 aliphatic carbocycles. The van der Waals surface area contributed by atoms with Gasteiger partial charge in [-0.15, -0.1) is 0 Å². The number of hydrogen-bond acceptors (Lipinski definition) is 2.